The maximum Gasteiger partial charge on any atom is 0.349 e. The largest absolute Gasteiger partial charge is 0.349 e. The first-order chi connectivity index (χ1) is 12.5. The van der Waals surface area contributed by atoms with E-state index in [2.05, 4.69) is 15.3 Å². The molecule has 1 aliphatic heterocycles. The molecule has 0 aromatic heterocycles. The van der Waals surface area contributed by atoms with Gasteiger partial charge in [-0.3, -0.25) is 4.90 Å². The third-order valence-electron chi connectivity index (χ3n) is 3.84. The van der Waals surface area contributed by atoms with E-state index in [0.29, 0.717) is 33.8 Å². The molecule has 0 fully saturated rings. The van der Waals surface area contributed by atoms with Crippen molar-refractivity contribution in [1.29, 1.82) is 0 Å². The maximum atomic E-state index is 12.4. The minimum absolute atomic E-state index is 0.326. The van der Waals surface area contributed by atoms with Crippen LogP contribution in [0.25, 0.3) is 0 Å². The standard InChI is InChI=1S/C18H16Cl2N4O2/c1-2-9-24-16(12-5-3-4-6-15(12)22-18(24)26)23-17(25)21-11-7-8-13(19)14(20)10-11/h3-8,10,12H,2,9H2,1H3,(H,21,25)/b23-16-. The van der Waals surface area contributed by atoms with E-state index in [0.717, 1.165) is 6.42 Å². The van der Waals surface area contributed by atoms with Gasteiger partial charge in [0, 0.05) is 12.2 Å². The monoisotopic (exact) mass is 390 g/mol. The molecule has 4 amide bonds. The fraction of sp³-hybridized carbons (Fsp3) is 0.222. The minimum Gasteiger partial charge on any atom is -0.306 e. The first-order valence-corrected chi connectivity index (χ1v) is 8.84. The zero-order chi connectivity index (χ0) is 18.7. The van der Waals surface area contributed by atoms with Gasteiger partial charge < -0.3 is 5.32 Å². The molecule has 0 radical (unpaired) electrons. The van der Waals surface area contributed by atoms with Crippen LogP contribution < -0.4 is 5.32 Å². The summed E-state index contributed by atoms with van der Waals surface area (Å²) < 4.78 is 0. The molecule has 3 rings (SSSR count). The van der Waals surface area contributed by atoms with E-state index < -0.39 is 12.1 Å². The normalized spacial score (nSPS) is 20.2. The van der Waals surface area contributed by atoms with Crippen LogP contribution in [0.15, 0.2) is 52.5 Å². The van der Waals surface area contributed by atoms with Crippen molar-refractivity contribution < 1.29 is 9.59 Å². The Morgan fingerprint density at radius 1 is 1.31 bits per heavy atom. The minimum atomic E-state index is -0.600. The molecule has 1 aromatic rings. The number of aliphatic imine (C=N–C) groups is 2. The number of hydrogen-bond acceptors (Lipinski definition) is 2. The van der Waals surface area contributed by atoms with Crippen molar-refractivity contribution in [2.45, 2.75) is 13.3 Å². The number of anilines is 1. The zero-order valence-electron chi connectivity index (χ0n) is 13.9. The zero-order valence-corrected chi connectivity index (χ0v) is 15.5. The van der Waals surface area contributed by atoms with E-state index >= 15 is 0 Å². The van der Waals surface area contributed by atoms with Crippen LogP contribution >= 0.6 is 23.2 Å². The number of carbonyl (C=O) groups is 2. The fourth-order valence-corrected chi connectivity index (χ4v) is 2.98. The number of amidine groups is 1. The summed E-state index contributed by atoms with van der Waals surface area (Å²) in [4.78, 5) is 34.4. The van der Waals surface area contributed by atoms with Crippen LogP contribution in [0.2, 0.25) is 10.0 Å². The van der Waals surface area contributed by atoms with Gasteiger partial charge in [0.15, 0.2) is 0 Å². The Bertz CT molecular complexity index is 874. The SMILES string of the molecule is CCCN1C(=O)N=C2C=CC=CC2/C1=N/C(=O)Nc1ccc(Cl)c(Cl)c1. The van der Waals surface area contributed by atoms with Crippen molar-refractivity contribution >= 4 is 52.5 Å². The highest BCUT2D eigenvalue weighted by molar-refractivity contribution is 6.42. The van der Waals surface area contributed by atoms with E-state index in [-0.39, 0.29) is 5.92 Å². The number of allylic oxidation sites excluding steroid dienone is 3. The summed E-state index contributed by atoms with van der Waals surface area (Å²) in [5.74, 6) is 0.0313. The molecular weight excluding hydrogens is 375 g/mol. The third-order valence-corrected chi connectivity index (χ3v) is 4.58. The number of halogens is 2. The number of fused-ring (bicyclic) bond motifs is 1. The second-order valence-corrected chi connectivity index (χ2v) is 6.54. The second kappa shape index (κ2) is 7.85. The summed E-state index contributed by atoms with van der Waals surface area (Å²) in [5.41, 5.74) is 1.04. The van der Waals surface area contributed by atoms with Gasteiger partial charge in [-0.1, -0.05) is 48.4 Å². The maximum absolute atomic E-state index is 12.4. The number of amides is 4. The highest BCUT2D eigenvalue weighted by Gasteiger charge is 2.34. The van der Waals surface area contributed by atoms with Crippen LogP contribution in [0.5, 0.6) is 0 Å². The highest BCUT2D eigenvalue weighted by Crippen LogP contribution is 2.25. The number of benzene rings is 1. The molecular formula is C18H16Cl2N4O2. The van der Waals surface area contributed by atoms with Gasteiger partial charge in [0.25, 0.3) is 0 Å². The fourth-order valence-electron chi connectivity index (χ4n) is 2.69. The second-order valence-electron chi connectivity index (χ2n) is 5.72. The highest BCUT2D eigenvalue weighted by atomic mass is 35.5. The van der Waals surface area contributed by atoms with Crippen molar-refractivity contribution in [3.8, 4) is 0 Å². The molecule has 1 aromatic carbocycles. The molecule has 1 N–H and O–H groups in total. The van der Waals surface area contributed by atoms with Crippen LogP contribution in [0.3, 0.4) is 0 Å². The average molecular weight is 391 g/mol. The summed E-state index contributed by atoms with van der Waals surface area (Å²) in [5, 5.41) is 3.36. The lowest BCUT2D eigenvalue weighted by Gasteiger charge is -2.31. The Morgan fingerprint density at radius 2 is 2.12 bits per heavy atom. The molecule has 2 aliphatic rings. The van der Waals surface area contributed by atoms with E-state index in [1.165, 1.54) is 11.0 Å². The van der Waals surface area contributed by atoms with Gasteiger partial charge in [-0.05, 0) is 30.7 Å². The summed E-state index contributed by atoms with van der Waals surface area (Å²) >= 11 is 11.8. The quantitative estimate of drug-likeness (QED) is 0.792. The first-order valence-electron chi connectivity index (χ1n) is 8.09. The lowest BCUT2D eigenvalue weighted by molar-refractivity contribution is 0.228. The molecule has 1 unspecified atom stereocenters. The Labute approximate surface area is 160 Å². The number of nitrogens with zero attached hydrogens (tertiary/aromatic N) is 3. The molecule has 1 heterocycles. The Hall–Kier alpha value is -2.44. The molecule has 1 aliphatic carbocycles. The number of rotatable bonds is 3. The average Bonchev–Trinajstić information content (AvgIpc) is 2.61. The van der Waals surface area contributed by atoms with Crippen LogP contribution in [0, 0.1) is 5.92 Å². The van der Waals surface area contributed by atoms with Crippen molar-refractivity contribution in [2.24, 2.45) is 15.9 Å². The van der Waals surface area contributed by atoms with Gasteiger partial charge >= 0.3 is 12.1 Å². The molecule has 0 spiro atoms. The van der Waals surface area contributed by atoms with Gasteiger partial charge in [0.05, 0.1) is 21.7 Å². The molecule has 0 saturated carbocycles. The molecule has 26 heavy (non-hydrogen) atoms. The predicted molar refractivity (Wildman–Crippen MR) is 105 cm³/mol. The van der Waals surface area contributed by atoms with Crippen LogP contribution in [0.4, 0.5) is 15.3 Å². The van der Waals surface area contributed by atoms with E-state index in [1.54, 1.807) is 24.3 Å². The molecule has 8 heteroatoms. The summed E-state index contributed by atoms with van der Waals surface area (Å²) in [6, 6.07) is 3.72. The lowest BCUT2D eigenvalue weighted by atomic mass is 9.94. The van der Waals surface area contributed by atoms with E-state index in [9.17, 15) is 9.59 Å². The van der Waals surface area contributed by atoms with Crippen molar-refractivity contribution in [1.82, 2.24) is 4.90 Å². The van der Waals surface area contributed by atoms with Gasteiger partial charge in [0.1, 0.15) is 5.84 Å². The van der Waals surface area contributed by atoms with Crippen molar-refractivity contribution in [3.63, 3.8) is 0 Å². The van der Waals surface area contributed by atoms with Crippen LogP contribution in [-0.4, -0.2) is 35.1 Å². The first kappa shape index (κ1) is 18.4. The Kier molecular flexibility index (Phi) is 5.54. The third kappa shape index (κ3) is 3.86. The van der Waals surface area contributed by atoms with Gasteiger partial charge in [-0.2, -0.15) is 9.98 Å². The number of carbonyl (C=O) groups excluding carboxylic acids is 2. The van der Waals surface area contributed by atoms with Gasteiger partial charge in [-0.15, -0.1) is 0 Å². The molecule has 6 nitrogen and oxygen atoms in total. The summed E-state index contributed by atoms with van der Waals surface area (Å²) in [7, 11) is 0. The molecule has 134 valence electrons. The van der Waals surface area contributed by atoms with Gasteiger partial charge in [0.2, 0.25) is 0 Å². The van der Waals surface area contributed by atoms with E-state index in [1.807, 2.05) is 19.1 Å². The predicted octanol–water partition coefficient (Wildman–Crippen LogP) is 4.95. The molecule has 1 atom stereocenters. The van der Waals surface area contributed by atoms with Crippen molar-refractivity contribution in [3.05, 3.63) is 52.5 Å². The molecule has 0 saturated heterocycles. The smallest absolute Gasteiger partial charge is 0.306 e. The summed E-state index contributed by atoms with van der Waals surface area (Å²) in [6.45, 7) is 2.37. The summed E-state index contributed by atoms with van der Waals surface area (Å²) in [6.07, 6.45) is 7.97. The Morgan fingerprint density at radius 3 is 2.85 bits per heavy atom. The van der Waals surface area contributed by atoms with Crippen molar-refractivity contribution in [2.75, 3.05) is 11.9 Å². The number of urea groups is 2. The number of nitrogens with one attached hydrogen (secondary N) is 1. The van der Waals surface area contributed by atoms with E-state index in [4.69, 9.17) is 23.2 Å². The Balaban J connectivity index is 1.89. The van der Waals surface area contributed by atoms with Crippen LogP contribution in [0.1, 0.15) is 13.3 Å². The molecule has 0 bridgehead atoms. The van der Waals surface area contributed by atoms with Gasteiger partial charge in [-0.25, -0.2) is 9.59 Å². The number of hydrogen-bond donors (Lipinski definition) is 1. The van der Waals surface area contributed by atoms with Crippen LogP contribution in [-0.2, 0) is 0 Å². The lowest BCUT2D eigenvalue weighted by Crippen LogP contribution is -2.47. The topological polar surface area (TPSA) is 74.1 Å².